The van der Waals surface area contributed by atoms with E-state index in [1.807, 2.05) is 20.8 Å². The Morgan fingerprint density at radius 2 is 1.94 bits per heavy atom. The van der Waals surface area contributed by atoms with Crippen molar-refractivity contribution in [3.63, 3.8) is 0 Å². The first kappa shape index (κ1) is 15.8. The highest BCUT2D eigenvalue weighted by molar-refractivity contribution is 9.10. The molecule has 0 aromatic heterocycles. The Labute approximate surface area is 122 Å². The van der Waals surface area contributed by atoms with Crippen LogP contribution in [-0.2, 0) is 10.0 Å². The van der Waals surface area contributed by atoms with Crippen LogP contribution < -0.4 is 4.72 Å². The van der Waals surface area contributed by atoms with Gasteiger partial charge in [-0.2, -0.15) is 0 Å². The number of halogens is 2. The monoisotopic (exact) mass is 353 g/mol. The summed E-state index contributed by atoms with van der Waals surface area (Å²) in [6, 6.07) is 4.97. The van der Waals surface area contributed by atoms with E-state index in [1.165, 1.54) is 0 Å². The Kier molecular flexibility index (Phi) is 5.09. The van der Waals surface area contributed by atoms with E-state index in [2.05, 4.69) is 20.7 Å². The van der Waals surface area contributed by atoms with Gasteiger partial charge in [-0.15, -0.1) is 0 Å². The molecule has 0 radical (unpaired) electrons. The Bertz CT molecular complexity index is 523. The molecule has 18 heavy (non-hydrogen) atoms. The van der Waals surface area contributed by atoms with Gasteiger partial charge in [0.15, 0.2) is 0 Å². The maximum Gasteiger partial charge on any atom is 0.232 e. The lowest BCUT2D eigenvalue weighted by atomic mass is 9.94. The highest BCUT2D eigenvalue weighted by Crippen LogP contribution is 2.26. The molecule has 1 aromatic rings. The molecule has 0 amide bonds. The summed E-state index contributed by atoms with van der Waals surface area (Å²) in [5.74, 6) is 0.101. The number of hydrogen-bond acceptors (Lipinski definition) is 2. The third kappa shape index (κ3) is 5.59. The van der Waals surface area contributed by atoms with Gasteiger partial charge in [0.2, 0.25) is 10.0 Å². The minimum absolute atomic E-state index is 0.00783. The van der Waals surface area contributed by atoms with Gasteiger partial charge in [-0.05, 0) is 46.0 Å². The molecule has 0 spiro atoms. The number of sulfonamides is 1. The Balaban J connectivity index is 2.74. The predicted molar refractivity (Wildman–Crippen MR) is 80.6 cm³/mol. The molecule has 3 nitrogen and oxygen atoms in total. The maximum absolute atomic E-state index is 11.9. The Morgan fingerprint density at radius 3 is 2.44 bits per heavy atom. The van der Waals surface area contributed by atoms with Crippen molar-refractivity contribution in [3.8, 4) is 0 Å². The van der Waals surface area contributed by atoms with Crippen LogP contribution in [0.2, 0.25) is 5.02 Å². The van der Waals surface area contributed by atoms with Gasteiger partial charge in [0, 0.05) is 4.47 Å². The SMILES string of the molecule is CC(C)(C)CCS(=O)(=O)Nc1ccc(Br)c(Cl)c1. The van der Waals surface area contributed by atoms with Crippen LogP contribution in [0.25, 0.3) is 0 Å². The summed E-state index contributed by atoms with van der Waals surface area (Å²) in [7, 11) is -3.32. The zero-order valence-electron chi connectivity index (χ0n) is 10.6. The van der Waals surface area contributed by atoms with Gasteiger partial charge >= 0.3 is 0 Å². The molecule has 0 atom stereocenters. The second kappa shape index (κ2) is 5.80. The van der Waals surface area contributed by atoms with Crippen molar-refractivity contribution < 1.29 is 8.42 Å². The first-order valence-electron chi connectivity index (χ1n) is 5.55. The van der Waals surface area contributed by atoms with Crippen LogP contribution in [0, 0.1) is 5.41 Å². The smallest absolute Gasteiger partial charge is 0.232 e. The highest BCUT2D eigenvalue weighted by atomic mass is 79.9. The molecule has 0 bridgehead atoms. The van der Waals surface area contributed by atoms with Crippen molar-refractivity contribution in [1.82, 2.24) is 0 Å². The quantitative estimate of drug-likeness (QED) is 0.877. The largest absolute Gasteiger partial charge is 0.284 e. The second-order valence-corrected chi connectivity index (χ2v) is 8.46. The molecular weight excluding hydrogens is 338 g/mol. The average Bonchev–Trinajstić information content (AvgIpc) is 2.20. The van der Waals surface area contributed by atoms with Crippen molar-refractivity contribution in [2.75, 3.05) is 10.5 Å². The first-order chi connectivity index (χ1) is 8.09. The molecule has 0 saturated carbocycles. The van der Waals surface area contributed by atoms with Gasteiger partial charge in [0.25, 0.3) is 0 Å². The standard InChI is InChI=1S/C12H17BrClNO2S/c1-12(2,3)6-7-18(16,17)15-9-4-5-10(13)11(14)8-9/h4-5,8,15H,6-7H2,1-3H3. The summed E-state index contributed by atoms with van der Waals surface area (Å²) >= 11 is 9.17. The zero-order chi connectivity index (χ0) is 14.0. The lowest BCUT2D eigenvalue weighted by Gasteiger charge is -2.18. The van der Waals surface area contributed by atoms with Crippen LogP contribution in [0.4, 0.5) is 5.69 Å². The molecule has 1 rings (SSSR count). The van der Waals surface area contributed by atoms with E-state index in [0.717, 1.165) is 4.47 Å². The summed E-state index contributed by atoms with van der Waals surface area (Å²) in [5, 5.41) is 0.478. The van der Waals surface area contributed by atoms with Gasteiger partial charge in [0.05, 0.1) is 16.5 Å². The van der Waals surface area contributed by atoms with Gasteiger partial charge in [-0.3, -0.25) is 4.72 Å². The van der Waals surface area contributed by atoms with Crippen molar-refractivity contribution in [3.05, 3.63) is 27.7 Å². The van der Waals surface area contributed by atoms with E-state index in [1.54, 1.807) is 18.2 Å². The van der Waals surface area contributed by atoms with Crippen molar-refractivity contribution in [2.24, 2.45) is 5.41 Å². The Morgan fingerprint density at radius 1 is 1.33 bits per heavy atom. The summed E-state index contributed by atoms with van der Waals surface area (Å²) in [5.41, 5.74) is 0.476. The van der Waals surface area contributed by atoms with Crippen LogP contribution in [0.5, 0.6) is 0 Å². The van der Waals surface area contributed by atoms with Crippen molar-refractivity contribution in [2.45, 2.75) is 27.2 Å². The molecule has 102 valence electrons. The van der Waals surface area contributed by atoms with Crippen molar-refractivity contribution >= 4 is 43.2 Å². The van der Waals surface area contributed by atoms with Gasteiger partial charge < -0.3 is 0 Å². The lowest BCUT2D eigenvalue weighted by Crippen LogP contribution is -2.20. The summed E-state index contributed by atoms with van der Waals surface area (Å²) in [6.07, 6.45) is 0.604. The van der Waals surface area contributed by atoms with E-state index in [9.17, 15) is 8.42 Å². The minimum atomic E-state index is -3.32. The fraction of sp³-hybridized carbons (Fsp3) is 0.500. The van der Waals surface area contributed by atoms with E-state index >= 15 is 0 Å². The third-order valence-corrected chi connectivity index (χ3v) is 4.83. The molecule has 0 heterocycles. The fourth-order valence-electron chi connectivity index (χ4n) is 1.23. The van der Waals surface area contributed by atoms with Crippen molar-refractivity contribution in [1.29, 1.82) is 0 Å². The van der Waals surface area contributed by atoms with E-state index < -0.39 is 10.0 Å². The predicted octanol–water partition coefficient (Wildman–Crippen LogP) is 4.28. The molecule has 1 N–H and O–H groups in total. The highest BCUT2D eigenvalue weighted by Gasteiger charge is 2.17. The van der Waals surface area contributed by atoms with Crippen LogP contribution in [0.15, 0.2) is 22.7 Å². The number of benzene rings is 1. The molecule has 6 heteroatoms. The second-order valence-electron chi connectivity index (χ2n) is 5.36. The number of hydrogen-bond donors (Lipinski definition) is 1. The number of anilines is 1. The molecule has 0 unspecified atom stereocenters. The molecular formula is C12H17BrClNO2S. The van der Waals surface area contributed by atoms with E-state index in [4.69, 9.17) is 11.6 Å². The number of rotatable bonds is 4. The molecule has 0 aliphatic heterocycles. The molecule has 0 saturated heterocycles. The Hall–Kier alpha value is -0.260. The molecule has 1 aromatic carbocycles. The summed E-state index contributed by atoms with van der Waals surface area (Å²) in [4.78, 5) is 0. The average molecular weight is 355 g/mol. The van der Waals surface area contributed by atoms with Crippen LogP contribution >= 0.6 is 27.5 Å². The van der Waals surface area contributed by atoms with Crippen LogP contribution in [0.3, 0.4) is 0 Å². The summed E-state index contributed by atoms with van der Waals surface area (Å²) in [6.45, 7) is 6.04. The van der Waals surface area contributed by atoms with Crippen LogP contribution in [-0.4, -0.2) is 14.2 Å². The van der Waals surface area contributed by atoms with Gasteiger partial charge in [0.1, 0.15) is 0 Å². The zero-order valence-corrected chi connectivity index (χ0v) is 13.8. The fourth-order valence-corrected chi connectivity index (χ4v) is 3.13. The first-order valence-corrected chi connectivity index (χ1v) is 8.37. The molecule has 0 fully saturated rings. The van der Waals surface area contributed by atoms with E-state index in [-0.39, 0.29) is 11.2 Å². The normalized spacial score (nSPS) is 12.5. The minimum Gasteiger partial charge on any atom is -0.284 e. The molecule has 0 aliphatic carbocycles. The lowest BCUT2D eigenvalue weighted by molar-refractivity contribution is 0.397. The summed E-state index contributed by atoms with van der Waals surface area (Å²) < 4.78 is 27.0. The number of nitrogens with one attached hydrogen (secondary N) is 1. The topological polar surface area (TPSA) is 46.2 Å². The van der Waals surface area contributed by atoms with Gasteiger partial charge in [-0.1, -0.05) is 32.4 Å². The maximum atomic E-state index is 11.9. The van der Waals surface area contributed by atoms with Gasteiger partial charge in [-0.25, -0.2) is 8.42 Å². The molecule has 0 aliphatic rings. The van der Waals surface area contributed by atoms with Crippen LogP contribution in [0.1, 0.15) is 27.2 Å². The van der Waals surface area contributed by atoms with E-state index in [0.29, 0.717) is 17.1 Å². The third-order valence-electron chi connectivity index (χ3n) is 2.31.